The van der Waals surface area contributed by atoms with Crippen molar-refractivity contribution in [3.05, 3.63) is 84.7 Å². The molecule has 3 aromatic rings. The molecule has 168 valence electrons. The fourth-order valence-electron chi connectivity index (χ4n) is 3.27. The van der Waals surface area contributed by atoms with Gasteiger partial charge in [-0.15, -0.1) is 0 Å². The molecule has 33 heavy (non-hydrogen) atoms. The van der Waals surface area contributed by atoms with Crippen molar-refractivity contribution in [3.8, 4) is 0 Å². The van der Waals surface area contributed by atoms with Crippen LogP contribution in [0.3, 0.4) is 0 Å². The third-order valence-electron chi connectivity index (χ3n) is 4.88. The summed E-state index contributed by atoms with van der Waals surface area (Å²) >= 11 is 6.67. The first kappa shape index (κ1) is 22.6. The molecule has 1 aromatic heterocycles. The van der Waals surface area contributed by atoms with Crippen LogP contribution in [0.1, 0.15) is 5.56 Å². The number of hydrogen-bond donors (Lipinski definition) is 2. The van der Waals surface area contributed by atoms with E-state index >= 15 is 0 Å². The summed E-state index contributed by atoms with van der Waals surface area (Å²) in [5.74, 6) is -1.00. The number of nitrogens with zero attached hydrogens (tertiary/aromatic N) is 2. The van der Waals surface area contributed by atoms with E-state index < -0.39 is 34.7 Å². The average molecular weight is 485 g/mol. The monoisotopic (exact) mass is 484 g/mol. The van der Waals surface area contributed by atoms with E-state index in [-0.39, 0.29) is 28.8 Å². The van der Waals surface area contributed by atoms with E-state index in [9.17, 15) is 24.0 Å². The van der Waals surface area contributed by atoms with Gasteiger partial charge in [0, 0.05) is 18.1 Å². The summed E-state index contributed by atoms with van der Waals surface area (Å²) in [7, 11) is 0. The summed E-state index contributed by atoms with van der Waals surface area (Å²) in [6, 6.07) is 13.1. The lowest BCUT2D eigenvalue weighted by Gasteiger charge is -2.13. The predicted molar refractivity (Wildman–Crippen MR) is 126 cm³/mol. The highest BCUT2D eigenvalue weighted by Gasteiger charge is 2.34. The van der Waals surface area contributed by atoms with Gasteiger partial charge in [-0.3, -0.25) is 34.0 Å². The quantitative estimate of drug-likeness (QED) is 0.517. The summed E-state index contributed by atoms with van der Waals surface area (Å²) in [4.78, 5) is 63.0. The Labute approximate surface area is 196 Å². The third kappa shape index (κ3) is 4.91. The SMILES string of the molecule is O=C(Cn1[nH]c(=O)c2ccccc2c1=O)NCCN1C(=O)SC(=Cc2ccc(Cl)cc2)C1=O. The van der Waals surface area contributed by atoms with E-state index in [1.165, 1.54) is 12.1 Å². The Kier molecular flexibility index (Phi) is 6.47. The van der Waals surface area contributed by atoms with Gasteiger partial charge in [-0.1, -0.05) is 35.9 Å². The van der Waals surface area contributed by atoms with Crippen LogP contribution in [0, 0.1) is 0 Å². The number of hydrogen-bond acceptors (Lipinski definition) is 6. The van der Waals surface area contributed by atoms with Gasteiger partial charge in [-0.05, 0) is 47.7 Å². The number of carbonyl (C=O) groups is 3. The molecule has 2 heterocycles. The second-order valence-corrected chi connectivity index (χ2v) is 8.54. The zero-order valence-electron chi connectivity index (χ0n) is 17.0. The number of nitrogens with one attached hydrogen (secondary N) is 2. The van der Waals surface area contributed by atoms with E-state index in [0.717, 1.165) is 26.9 Å². The van der Waals surface area contributed by atoms with E-state index in [2.05, 4.69) is 10.4 Å². The number of halogens is 1. The van der Waals surface area contributed by atoms with Gasteiger partial charge in [0.05, 0.1) is 15.7 Å². The maximum Gasteiger partial charge on any atom is 0.293 e. The summed E-state index contributed by atoms with van der Waals surface area (Å²) in [6.07, 6.45) is 1.60. The number of thioether (sulfide) groups is 1. The molecular formula is C22H17ClN4O5S. The molecule has 0 bridgehead atoms. The molecule has 1 aliphatic heterocycles. The Morgan fingerprint density at radius 1 is 1.03 bits per heavy atom. The summed E-state index contributed by atoms with van der Waals surface area (Å²) in [5.41, 5.74) is -0.255. The van der Waals surface area contributed by atoms with Crippen LogP contribution >= 0.6 is 23.4 Å². The van der Waals surface area contributed by atoms with Gasteiger partial charge in [0.15, 0.2) is 0 Å². The van der Waals surface area contributed by atoms with Gasteiger partial charge < -0.3 is 5.32 Å². The van der Waals surface area contributed by atoms with Gasteiger partial charge in [0.2, 0.25) is 5.91 Å². The molecule has 2 aromatic carbocycles. The minimum absolute atomic E-state index is 0.00232. The maximum absolute atomic E-state index is 12.6. The number of benzene rings is 2. The van der Waals surface area contributed by atoms with Crippen LogP contribution in [0.15, 0.2) is 63.0 Å². The topological polar surface area (TPSA) is 121 Å². The zero-order valence-corrected chi connectivity index (χ0v) is 18.6. The van der Waals surface area contributed by atoms with Crippen molar-refractivity contribution in [1.29, 1.82) is 0 Å². The highest BCUT2D eigenvalue weighted by Crippen LogP contribution is 2.32. The van der Waals surface area contributed by atoms with E-state index in [0.29, 0.717) is 5.02 Å². The Hall–Kier alpha value is -3.63. The number of amides is 3. The van der Waals surface area contributed by atoms with Crippen molar-refractivity contribution in [2.45, 2.75) is 6.54 Å². The minimum Gasteiger partial charge on any atom is -0.353 e. The fraction of sp³-hybridized carbons (Fsp3) is 0.136. The van der Waals surface area contributed by atoms with Crippen molar-refractivity contribution in [2.75, 3.05) is 13.1 Å². The maximum atomic E-state index is 12.6. The lowest BCUT2D eigenvalue weighted by molar-refractivity contribution is -0.124. The Morgan fingerprint density at radius 3 is 2.45 bits per heavy atom. The molecule has 0 aliphatic carbocycles. The van der Waals surface area contributed by atoms with Crippen LogP contribution in [-0.2, 0) is 16.1 Å². The molecule has 0 radical (unpaired) electrons. The summed E-state index contributed by atoms with van der Waals surface area (Å²) < 4.78 is 0.926. The van der Waals surface area contributed by atoms with Crippen LogP contribution in [0.2, 0.25) is 5.02 Å². The highest BCUT2D eigenvalue weighted by molar-refractivity contribution is 8.18. The summed E-state index contributed by atoms with van der Waals surface area (Å²) in [6.45, 7) is -0.438. The van der Waals surface area contributed by atoms with Gasteiger partial charge in [-0.25, -0.2) is 4.68 Å². The average Bonchev–Trinajstić information content (AvgIpc) is 3.06. The van der Waals surface area contributed by atoms with Gasteiger partial charge >= 0.3 is 0 Å². The van der Waals surface area contributed by atoms with Crippen molar-refractivity contribution in [1.82, 2.24) is 20.0 Å². The number of carbonyl (C=O) groups excluding carboxylic acids is 3. The fourth-order valence-corrected chi connectivity index (χ4v) is 4.26. The van der Waals surface area contributed by atoms with E-state index in [1.807, 2.05) is 0 Å². The highest BCUT2D eigenvalue weighted by atomic mass is 35.5. The van der Waals surface area contributed by atoms with Crippen molar-refractivity contribution >= 4 is 57.3 Å². The second kappa shape index (κ2) is 9.47. The lowest BCUT2D eigenvalue weighted by atomic mass is 10.2. The lowest BCUT2D eigenvalue weighted by Crippen LogP contribution is -2.40. The number of H-pyrrole nitrogens is 1. The van der Waals surface area contributed by atoms with E-state index in [1.54, 1.807) is 42.5 Å². The van der Waals surface area contributed by atoms with Crippen molar-refractivity contribution in [2.24, 2.45) is 0 Å². The Bertz CT molecular complexity index is 1410. The zero-order chi connectivity index (χ0) is 23.5. The summed E-state index contributed by atoms with van der Waals surface area (Å²) in [5, 5.41) is 5.50. The molecule has 0 atom stereocenters. The van der Waals surface area contributed by atoms with E-state index in [4.69, 9.17) is 11.6 Å². The van der Waals surface area contributed by atoms with Gasteiger partial charge in [-0.2, -0.15) is 0 Å². The molecule has 1 aliphatic rings. The first-order valence-electron chi connectivity index (χ1n) is 9.83. The first-order chi connectivity index (χ1) is 15.8. The van der Waals surface area contributed by atoms with Crippen LogP contribution < -0.4 is 16.4 Å². The molecule has 11 heteroatoms. The van der Waals surface area contributed by atoms with Crippen LogP contribution in [0.25, 0.3) is 16.8 Å². The first-order valence-corrected chi connectivity index (χ1v) is 11.0. The molecule has 0 spiro atoms. The molecule has 9 nitrogen and oxygen atoms in total. The number of aromatic amines is 1. The molecule has 1 fully saturated rings. The van der Waals surface area contributed by atoms with Crippen molar-refractivity contribution in [3.63, 3.8) is 0 Å². The van der Waals surface area contributed by atoms with Crippen LogP contribution in [-0.4, -0.2) is 44.8 Å². The largest absolute Gasteiger partial charge is 0.353 e. The second-order valence-electron chi connectivity index (χ2n) is 7.11. The minimum atomic E-state index is -0.549. The molecular weight excluding hydrogens is 468 g/mol. The number of fused-ring (bicyclic) bond motifs is 1. The molecule has 2 N–H and O–H groups in total. The van der Waals surface area contributed by atoms with Crippen LogP contribution in [0.5, 0.6) is 0 Å². The third-order valence-corrected chi connectivity index (χ3v) is 6.04. The molecule has 1 saturated heterocycles. The molecule has 4 rings (SSSR count). The normalized spacial score (nSPS) is 14.9. The molecule has 3 amide bonds. The predicted octanol–water partition coefficient (Wildman–Crippen LogP) is 2.20. The van der Waals surface area contributed by atoms with Crippen LogP contribution in [0.4, 0.5) is 4.79 Å². The number of rotatable bonds is 6. The number of imide groups is 1. The Morgan fingerprint density at radius 2 is 1.73 bits per heavy atom. The molecule has 0 unspecified atom stereocenters. The van der Waals surface area contributed by atoms with Crippen molar-refractivity contribution < 1.29 is 14.4 Å². The standard InChI is InChI=1S/C22H17ClN4O5S/c23-14-7-5-13(6-8-14)11-17-21(31)26(22(32)33-17)10-9-24-18(28)12-27-20(30)16-4-2-1-3-15(16)19(29)25-27/h1-8,11H,9-10,12H2,(H,24,28)(H,25,29). The van der Waals surface area contributed by atoms with Gasteiger partial charge in [0.1, 0.15) is 6.54 Å². The smallest absolute Gasteiger partial charge is 0.293 e. The Balaban J connectivity index is 1.36. The molecule has 0 saturated carbocycles. The van der Waals surface area contributed by atoms with Gasteiger partial charge in [0.25, 0.3) is 22.3 Å². The number of aromatic nitrogens is 2.